The summed E-state index contributed by atoms with van der Waals surface area (Å²) in [6.45, 7) is 0.180. The molecule has 0 aliphatic carbocycles. The summed E-state index contributed by atoms with van der Waals surface area (Å²) in [5.41, 5.74) is 1.69. The number of aliphatic hydroxyl groups is 1. The third kappa shape index (κ3) is 8.27. The van der Waals surface area contributed by atoms with Gasteiger partial charge in [0.15, 0.2) is 5.78 Å². The Balaban J connectivity index is 0.000000220. The smallest absolute Gasteiger partial charge is 0.411 e. The number of ether oxygens (including phenoxy) is 4. The Morgan fingerprint density at radius 1 is 0.775 bits per heavy atom. The molecule has 2 aromatic rings. The zero-order valence-electron chi connectivity index (χ0n) is 22.3. The lowest BCUT2D eigenvalue weighted by atomic mass is 10.2. The Hall–Kier alpha value is -4.45. The highest BCUT2D eigenvalue weighted by Gasteiger charge is 2.41. The highest BCUT2D eigenvalue weighted by Crippen LogP contribution is 2.21. The van der Waals surface area contributed by atoms with E-state index in [1.807, 2.05) is 60.7 Å². The summed E-state index contributed by atoms with van der Waals surface area (Å²) in [7, 11) is 2.47. The van der Waals surface area contributed by atoms with Crippen molar-refractivity contribution in [3.8, 4) is 0 Å². The highest BCUT2D eigenvalue weighted by molar-refractivity contribution is 5.95. The van der Waals surface area contributed by atoms with Crippen LogP contribution < -0.4 is 0 Å². The van der Waals surface area contributed by atoms with E-state index in [0.717, 1.165) is 16.0 Å². The van der Waals surface area contributed by atoms with Crippen LogP contribution in [0.5, 0.6) is 0 Å². The molecule has 3 atom stereocenters. The van der Waals surface area contributed by atoms with Gasteiger partial charge in [-0.15, -0.1) is 0 Å². The average molecular weight is 557 g/mol. The van der Waals surface area contributed by atoms with Crippen molar-refractivity contribution >= 4 is 29.9 Å². The molecule has 12 nitrogen and oxygen atoms in total. The standard InChI is InChI=1S/C14H17NO5.C14H15NO5/c2*1-19-13(17)12-7-11(16)8-15(12)14(18)20-9-10-5-3-2-4-6-10/h2-6,11-12,16H,7-9H2,1H3;2-6,12H,7-9H2,1H3/t11-,12+;12-/m10/s1. The van der Waals surface area contributed by atoms with E-state index in [1.54, 1.807) is 0 Å². The van der Waals surface area contributed by atoms with Gasteiger partial charge in [0.2, 0.25) is 0 Å². The molecule has 2 saturated heterocycles. The van der Waals surface area contributed by atoms with Gasteiger partial charge in [-0.2, -0.15) is 0 Å². The minimum absolute atomic E-state index is 0.0207. The molecular weight excluding hydrogens is 524 g/mol. The van der Waals surface area contributed by atoms with E-state index in [9.17, 15) is 29.1 Å². The summed E-state index contributed by atoms with van der Waals surface area (Å²) < 4.78 is 19.5. The molecule has 2 heterocycles. The van der Waals surface area contributed by atoms with Crippen LogP contribution in [0.2, 0.25) is 0 Å². The van der Waals surface area contributed by atoms with Gasteiger partial charge in [-0.25, -0.2) is 19.2 Å². The minimum atomic E-state index is -0.879. The second-order valence-corrected chi connectivity index (χ2v) is 9.07. The normalized spacial score (nSPS) is 19.8. The third-order valence-electron chi connectivity index (χ3n) is 6.25. The van der Waals surface area contributed by atoms with Gasteiger partial charge in [0.25, 0.3) is 0 Å². The number of amides is 2. The molecule has 2 aliphatic rings. The van der Waals surface area contributed by atoms with Crippen LogP contribution in [0, 0.1) is 0 Å². The van der Waals surface area contributed by atoms with Crippen molar-refractivity contribution in [2.24, 2.45) is 0 Å². The first kappa shape index (κ1) is 30.1. The fourth-order valence-corrected chi connectivity index (χ4v) is 4.21. The second-order valence-electron chi connectivity index (χ2n) is 9.07. The van der Waals surface area contributed by atoms with Gasteiger partial charge in [0, 0.05) is 12.8 Å². The van der Waals surface area contributed by atoms with Gasteiger partial charge in [0.1, 0.15) is 25.3 Å². The highest BCUT2D eigenvalue weighted by atomic mass is 16.6. The molecule has 0 radical (unpaired) electrons. The molecule has 40 heavy (non-hydrogen) atoms. The number of methoxy groups -OCH3 is 2. The fraction of sp³-hybridized carbons (Fsp3) is 0.393. The number of aliphatic hydroxyl groups excluding tert-OH is 1. The summed E-state index contributed by atoms with van der Waals surface area (Å²) >= 11 is 0. The number of Topliss-reactive ketones (excluding diaryl/α,β-unsaturated/α-hetero) is 1. The molecule has 0 bridgehead atoms. The first-order chi connectivity index (χ1) is 19.2. The van der Waals surface area contributed by atoms with Gasteiger partial charge >= 0.3 is 24.1 Å². The molecular formula is C28H32N2O10. The third-order valence-corrected chi connectivity index (χ3v) is 6.25. The van der Waals surface area contributed by atoms with Crippen LogP contribution in [0.25, 0.3) is 0 Å². The quantitative estimate of drug-likeness (QED) is 0.414. The number of hydrogen-bond donors (Lipinski definition) is 1. The van der Waals surface area contributed by atoms with Crippen LogP contribution in [-0.2, 0) is 46.5 Å². The minimum Gasteiger partial charge on any atom is -0.467 e. The Labute approximate surface area is 231 Å². The van der Waals surface area contributed by atoms with Crippen molar-refractivity contribution in [1.82, 2.24) is 9.80 Å². The average Bonchev–Trinajstić information content (AvgIpc) is 3.58. The lowest BCUT2D eigenvalue weighted by Gasteiger charge is -2.21. The maximum Gasteiger partial charge on any atom is 0.411 e. The van der Waals surface area contributed by atoms with E-state index in [4.69, 9.17) is 9.47 Å². The molecule has 0 aromatic heterocycles. The van der Waals surface area contributed by atoms with E-state index in [2.05, 4.69) is 9.47 Å². The van der Waals surface area contributed by atoms with Gasteiger partial charge in [-0.05, 0) is 11.1 Å². The summed E-state index contributed by atoms with van der Waals surface area (Å²) in [5, 5.41) is 9.59. The zero-order valence-corrected chi connectivity index (χ0v) is 22.3. The number of likely N-dealkylation sites (tertiary alicyclic amines) is 2. The molecule has 2 amide bonds. The van der Waals surface area contributed by atoms with Crippen molar-refractivity contribution in [3.05, 3.63) is 71.8 Å². The molecule has 214 valence electrons. The molecule has 12 heteroatoms. The summed E-state index contributed by atoms with van der Waals surface area (Å²) in [4.78, 5) is 60.7. The molecule has 2 aromatic carbocycles. The zero-order chi connectivity index (χ0) is 29.1. The van der Waals surface area contributed by atoms with Crippen molar-refractivity contribution in [2.75, 3.05) is 27.3 Å². The lowest BCUT2D eigenvalue weighted by Crippen LogP contribution is -2.41. The monoisotopic (exact) mass is 556 g/mol. The summed E-state index contributed by atoms with van der Waals surface area (Å²) in [6, 6.07) is 16.7. The van der Waals surface area contributed by atoms with Crippen molar-refractivity contribution in [1.29, 1.82) is 0 Å². The SMILES string of the molecule is COC(=O)[C@@H]1CC(=O)CN1C(=O)OCc1ccccc1.COC(=O)[C@@H]1C[C@@H](O)CN1C(=O)OCc1ccccc1. The topological polar surface area (TPSA) is 149 Å². The largest absolute Gasteiger partial charge is 0.467 e. The van der Waals surface area contributed by atoms with E-state index in [1.165, 1.54) is 19.1 Å². The van der Waals surface area contributed by atoms with Gasteiger partial charge in [0.05, 0.1) is 33.4 Å². The lowest BCUT2D eigenvalue weighted by molar-refractivity contribution is -0.146. The fourth-order valence-electron chi connectivity index (χ4n) is 4.21. The van der Waals surface area contributed by atoms with E-state index < -0.39 is 42.3 Å². The molecule has 4 rings (SSSR count). The Kier molecular flexibility index (Phi) is 11.0. The summed E-state index contributed by atoms with van der Waals surface area (Å²) in [5.74, 6) is -1.33. The van der Waals surface area contributed by atoms with Gasteiger partial charge in [-0.3, -0.25) is 14.6 Å². The molecule has 0 unspecified atom stereocenters. The van der Waals surface area contributed by atoms with E-state index >= 15 is 0 Å². The predicted molar refractivity (Wildman–Crippen MR) is 139 cm³/mol. The van der Waals surface area contributed by atoms with Crippen LogP contribution >= 0.6 is 0 Å². The molecule has 2 aliphatic heterocycles. The van der Waals surface area contributed by atoms with E-state index in [0.29, 0.717) is 0 Å². The number of carbonyl (C=O) groups excluding carboxylic acids is 5. The Bertz CT molecular complexity index is 1170. The van der Waals surface area contributed by atoms with Crippen LogP contribution in [0.3, 0.4) is 0 Å². The van der Waals surface area contributed by atoms with Crippen LogP contribution in [-0.4, -0.2) is 90.3 Å². The van der Waals surface area contributed by atoms with Crippen molar-refractivity contribution < 1.29 is 48.0 Å². The Morgan fingerprint density at radius 3 is 1.75 bits per heavy atom. The number of carbonyl (C=O) groups is 5. The number of benzene rings is 2. The van der Waals surface area contributed by atoms with Crippen LogP contribution in [0.15, 0.2) is 60.7 Å². The number of ketones is 1. The second kappa shape index (κ2) is 14.6. The van der Waals surface area contributed by atoms with Gasteiger partial charge < -0.3 is 24.1 Å². The number of rotatable bonds is 6. The predicted octanol–water partition coefficient (Wildman–Crippen LogP) is 2.07. The maximum absolute atomic E-state index is 12.0. The van der Waals surface area contributed by atoms with Crippen molar-refractivity contribution in [2.45, 2.75) is 44.2 Å². The first-order valence-electron chi connectivity index (χ1n) is 12.5. The van der Waals surface area contributed by atoms with Crippen LogP contribution in [0.1, 0.15) is 24.0 Å². The molecule has 1 N–H and O–H groups in total. The number of β-amino-alcohol motifs (C(OH)–C–C–N with tert-alkyl or cyclic N) is 1. The molecule has 2 fully saturated rings. The molecule has 0 spiro atoms. The maximum atomic E-state index is 12.0. The van der Waals surface area contributed by atoms with E-state index in [-0.39, 0.29) is 44.9 Å². The first-order valence-corrected chi connectivity index (χ1v) is 12.5. The number of nitrogens with zero attached hydrogens (tertiary/aromatic N) is 2. The van der Waals surface area contributed by atoms with Gasteiger partial charge in [-0.1, -0.05) is 60.7 Å². The number of esters is 2. The van der Waals surface area contributed by atoms with Crippen LogP contribution in [0.4, 0.5) is 9.59 Å². The Morgan fingerprint density at radius 2 is 1.25 bits per heavy atom. The number of hydrogen-bond acceptors (Lipinski definition) is 10. The summed E-state index contributed by atoms with van der Waals surface area (Å²) in [6.07, 6.45) is -1.89. The van der Waals surface area contributed by atoms with Crippen molar-refractivity contribution in [3.63, 3.8) is 0 Å². The molecule has 0 saturated carbocycles.